The number of hydrogen-bond donors (Lipinski definition) is 3. The Kier molecular flexibility index (Phi) is 6.64. The Morgan fingerprint density at radius 2 is 1.71 bits per heavy atom. The first-order valence-corrected chi connectivity index (χ1v) is 7.16. The lowest BCUT2D eigenvalue weighted by molar-refractivity contribution is -0.685. The summed E-state index contributed by atoms with van der Waals surface area (Å²) in [4.78, 5) is 21.6. The van der Waals surface area contributed by atoms with Crippen LogP contribution >= 0.6 is 7.82 Å². The molecule has 0 aliphatic heterocycles. The average molecular weight is 265 g/mol. The van der Waals surface area contributed by atoms with E-state index in [0.717, 1.165) is 19.4 Å². The minimum atomic E-state index is -4.64. The summed E-state index contributed by atoms with van der Waals surface area (Å²) in [7, 11) is -2.48. The summed E-state index contributed by atoms with van der Waals surface area (Å²) in [5.41, 5.74) is 1.42. The van der Waals surface area contributed by atoms with Gasteiger partial charge >= 0.3 is 7.82 Å². The molecule has 17 heavy (non-hydrogen) atoms. The topological polar surface area (TPSA) is 86.6 Å². The molecule has 0 saturated carbocycles. The van der Waals surface area contributed by atoms with Crippen molar-refractivity contribution in [2.24, 2.45) is 7.05 Å². The van der Waals surface area contributed by atoms with Crippen LogP contribution in [-0.2, 0) is 31.0 Å². The highest BCUT2D eigenvalue weighted by molar-refractivity contribution is 7.45. The first-order valence-electron chi connectivity index (χ1n) is 5.59. The normalized spacial score (nSPS) is 11.0. The van der Waals surface area contributed by atoms with Crippen LogP contribution in [0.4, 0.5) is 0 Å². The monoisotopic (exact) mass is 265 g/mol. The van der Waals surface area contributed by atoms with Crippen LogP contribution in [0.3, 0.4) is 0 Å². The number of aryl methyl sites for hydroxylation is 2. The lowest BCUT2D eigenvalue weighted by atomic mass is 10.4. The van der Waals surface area contributed by atoms with Crippen molar-refractivity contribution in [1.29, 1.82) is 0 Å². The Balaban J connectivity index is 0.000000437. The Bertz CT molecular complexity index is 389. The van der Waals surface area contributed by atoms with Crippen LogP contribution in [-0.4, -0.2) is 19.2 Å². The van der Waals surface area contributed by atoms with E-state index in [0.29, 0.717) is 0 Å². The summed E-state index contributed by atoms with van der Waals surface area (Å²) in [6.45, 7) is 7.69. The van der Waals surface area contributed by atoms with Gasteiger partial charge in [0.15, 0.2) is 0 Å². The van der Waals surface area contributed by atoms with Gasteiger partial charge in [-0.15, -0.1) is 0 Å². The van der Waals surface area contributed by atoms with Crippen molar-refractivity contribution >= 4 is 7.82 Å². The minimum Gasteiger partial charge on any atom is -0.303 e. The van der Waals surface area contributed by atoms with Gasteiger partial charge in [0.1, 0.15) is 11.9 Å². The smallest absolute Gasteiger partial charge is 0.303 e. The fourth-order valence-electron chi connectivity index (χ4n) is 1.74. The van der Waals surface area contributed by atoms with Gasteiger partial charge in [0.2, 0.25) is 0 Å². The molecule has 0 aliphatic carbocycles. The second kappa shape index (κ2) is 6.91. The van der Waals surface area contributed by atoms with Crippen LogP contribution in [0, 0.1) is 0 Å². The Labute approximate surface area is 102 Å². The summed E-state index contributed by atoms with van der Waals surface area (Å²) < 4.78 is 13.5. The molecule has 0 amide bonds. The zero-order chi connectivity index (χ0) is 13.6. The summed E-state index contributed by atoms with van der Waals surface area (Å²) in [6, 6.07) is 0. The van der Waals surface area contributed by atoms with Gasteiger partial charge in [0, 0.05) is 12.8 Å². The van der Waals surface area contributed by atoms with E-state index in [2.05, 4.69) is 43.1 Å². The van der Waals surface area contributed by atoms with Gasteiger partial charge in [-0.3, -0.25) is 0 Å². The third kappa shape index (κ3) is 5.98. The fraction of sp³-hybridized carbons (Fsp3) is 0.700. The quantitative estimate of drug-likeness (QED) is 0.549. The van der Waals surface area contributed by atoms with Crippen LogP contribution in [0.15, 0.2) is 6.20 Å². The molecule has 0 saturated heterocycles. The zero-order valence-corrected chi connectivity index (χ0v) is 11.7. The summed E-state index contributed by atoms with van der Waals surface area (Å²) in [5.74, 6) is 1.43. The molecule has 6 nitrogen and oxygen atoms in total. The van der Waals surface area contributed by atoms with Gasteiger partial charge in [0.25, 0.3) is 5.82 Å². The largest absolute Gasteiger partial charge is 0.466 e. The Morgan fingerprint density at radius 1 is 1.24 bits per heavy atom. The highest BCUT2D eigenvalue weighted by atomic mass is 31.2. The predicted octanol–water partition coefficient (Wildman–Crippen LogP) is 0.529. The van der Waals surface area contributed by atoms with Crippen molar-refractivity contribution in [3.8, 4) is 0 Å². The molecule has 0 atom stereocenters. The average Bonchev–Trinajstić information content (AvgIpc) is 2.51. The van der Waals surface area contributed by atoms with E-state index >= 15 is 0 Å². The lowest BCUT2D eigenvalue weighted by Gasteiger charge is -1.95. The molecule has 0 bridgehead atoms. The van der Waals surface area contributed by atoms with Crippen LogP contribution in [0.5, 0.6) is 0 Å². The van der Waals surface area contributed by atoms with Crippen LogP contribution < -0.4 is 4.57 Å². The molecule has 1 aromatic heterocycles. The molecule has 0 aliphatic rings. The highest BCUT2D eigenvalue weighted by Crippen LogP contribution is 2.25. The second-order valence-electron chi connectivity index (χ2n) is 3.60. The molecule has 1 aromatic rings. The standard InChI is InChI=1S/C10H19N2.H3O4P/c1-5-9-8-12(7-3)10(6-2)11(9)4;1-5(2,3)4/h8H,5-7H2,1-4H3;(H3,1,2,3,4)/q+1;. The van der Waals surface area contributed by atoms with E-state index < -0.39 is 7.82 Å². The van der Waals surface area contributed by atoms with Crippen LogP contribution in [0.1, 0.15) is 32.3 Å². The first kappa shape index (κ1) is 16.3. The van der Waals surface area contributed by atoms with E-state index in [1.165, 1.54) is 11.5 Å². The Hall–Kier alpha value is -0.680. The van der Waals surface area contributed by atoms with Crippen molar-refractivity contribution in [3.63, 3.8) is 0 Å². The molecular formula is C10H22N2O4P+. The van der Waals surface area contributed by atoms with Gasteiger partial charge in [-0.05, 0) is 6.92 Å². The fourth-order valence-corrected chi connectivity index (χ4v) is 1.74. The van der Waals surface area contributed by atoms with Crippen molar-refractivity contribution in [2.45, 2.75) is 40.2 Å². The van der Waals surface area contributed by atoms with Crippen molar-refractivity contribution in [3.05, 3.63) is 17.7 Å². The molecule has 1 rings (SSSR count). The maximum absolute atomic E-state index is 8.88. The Morgan fingerprint density at radius 3 is 1.94 bits per heavy atom. The van der Waals surface area contributed by atoms with Gasteiger partial charge in [-0.2, -0.15) is 0 Å². The summed E-state index contributed by atoms with van der Waals surface area (Å²) in [5, 5.41) is 0. The minimum absolute atomic E-state index is 1.08. The molecule has 7 heteroatoms. The number of hydrogen-bond acceptors (Lipinski definition) is 1. The molecule has 3 N–H and O–H groups in total. The number of rotatable bonds is 3. The van der Waals surface area contributed by atoms with E-state index in [9.17, 15) is 0 Å². The zero-order valence-electron chi connectivity index (χ0n) is 10.8. The van der Waals surface area contributed by atoms with Crippen LogP contribution in [0.25, 0.3) is 0 Å². The molecule has 0 spiro atoms. The van der Waals surface area contributed by atoms with Crippen LogP contribution in [0.2, 0.25) is 0 Å². The molecule has 1 heterocycles. The van der Waals surface area contributed by atoms with E-state index in [-0.39, 0.29) is 0 Å². The second-order valence-corrected chi connectivity index (χ2v) is 4.63. The molecule has 0 aromatic carbocycles. The number of imidazole rings is 1. The third-order valence-electron chi connectivity index (χ3n) is 2.47. The van der Waals surface area contributed by atoms with E-state index in [1.54, 1.807) is 0 Å². The maximum Gasteiger partial charge on any atom is 0.466 e. The molecule has 0 radical (unpaired) electrons. The molecular weight excluding hydrogens is 243 g/mol. The maximum atomic E-state index is 8.88. The van der Waals surface area contributed by atoms with Gasteiger partial charge in [-0.1, -0.05) is 13.8 Å². The SMILES string of the molecule is CCc1cn(CC)c(CC)[n+]1C.O=P(O)(O)O. The first-order chi connectivity index (χ1) is 7.74. The molecule has 100 valence electrons. The molecule has 0 fully saturated rings. The summed E-state index contributed by atoms with van der Waals surface area (Å²) >= 11 is 0. The summed E-state index contributed by atoms with van der Waals surface area (Å²) in [6.07, 6.45) is 4.50. The van der Waals surface area contributed by atoms with Crippen molar-refractivity contribution in [1.82, 2.24) is 4.57 Å². The number of aromatic nitrogens is 2. The van der Waals surface area contributed by atoms with Crippen molar-refractivity contribution in [2.75, 3.05) is 0 Å². The predicted molar refractivity (Wildman–Crippen MR) is 64.3 cm³/mol. The lowest BCUT2D eigenvalue weighted by Crippen LogP contribution is -2.35. The van der Waals surface area contributed by atoms with Crippen molar-refractivity contribution < 1.29 is 23.8 Å². The van der Waals surface area contributed by atoms with Gasteiger partial charge in [-0.25, -0.2) is 13.7 Å². The van der Waals surface area contributed by atoms with Gasteiger partial charge < -0.3 is 14.7 Å². The highest BCUT2D eigenvalue weighted by Gasteiger charge is 2.15. The van der Waals surface area contributed by atoms with E-state index in [1.807, 2.05) is 0 Å². The molecule has 0 unspecified atom stereocenters. The third-order valence-corrected chi connectivity index (χ3v) is 2.47. The number of nitrogens with zero attached hydrogens (tertiary/aromatic N) is 2. The van der Waals surface area contributed by atoms with E-state index in [4.69, 9.17) is 19.2 Å². The van der Waals surface area contributed by atoms with Gasteiger partial charge in [0.05, 0.1) is 13.6 Å². The number of phosphoric acid groups is 1.